The van der Waals surface area contributed by atoms with E-state index in [0.29, 0.717) is 52.0 Å². The van der Waals surface area contributed by atoms with E-state index in [0.717, 1.165) is 0 Å². The fraction of sp³-hybridized carbons (Fsp3) is 0.263. The average Bonchev–Trinajstić information content (AvgIpc) is 2.72. The smallest absolute Gasteiger partial charge is 0.320 e. The van der Waals surface area contributed by atoms with Crippen LogP contribution in [0.4, 0.5) is 10.6 Å². The van der Waals surface area contributed by atoms with E-state index in [9.17, 15) is 4.79 Å². The highest BCUT2D eigenvalue weighted by Crippen LogP contribution is 2.43. The Morgan fingerprint density at radius 1 is 1.00 bits per heavy atom. The van der Waals surface area contributed by atoms with Crippen molar-refractivity contribution in [3.05, 3.63) is 30.5 Å². The van der Waals surface area contributed by atoms with Crippen LogP contribution in [0.2, 0.25) is 0 Å². The summed E-state index contributed by atoms with van der Waals surface area (Å²) in [4.78, 5) is 25.1. The molecule has 3 aromatic rings. The molecule has 0 spiro atoms. The molecule has 3 rings (SSSR count). The summed E-state index contributed by atoms with van der Waals surface area (Å²) in [6, 6.07) is 6.66. The van der Waals surface area contributed by atoms with Crippen LogP contribution in [0.5, 0.6) is 17.2 Å². The van der Waals surface area contributed by atoms with Crippen molar-refractivity contribution < 1.29 is 19.0 Å². The number of rotatable bonds is 6. The van der Waals surface area contributed by atoms with Crippen LogP contribution >= 0.6 is 0 Å². The lowest BCUT2D eigenvalue weighted by molar-refractivity contribution is 0.252. The van der Waals surface area contributed by atoms with Crippen LogP contribution in [0.1, 0.15) is 6.92 Å². The van der Waals surface area contributed by atoms with Crippen LogP contribution in [0.3, 0.4) is 0 Å². The van der Waals surface area contributed by atoms with Crippen molar-refractivity contribution in [3.63, 3.8) is 0 Å². The molecule has 0 saturated heterocycles. The SMILES string of the molecule is CCNC(=O)Nc1ccc2ncc(-c3ccc(OC)c(OC)c3OC)nc2n1. The lowest BCUT2D eigenvalue weighted by atomic mass is 10.1. The number of nitrogens with zero attached hydrogens (tertiary/aromatic N) is 3. The number of benzene rings is 1. The lowest BCUT2D eigenvalue weighted by Crippen LogP contribution is -2.28. The first kappa shape index (κ1) is 19.2. The third-order valence-electron chi connectivity index (χ3n) is 3.97. The summed E-state index contributed by atoms with van der Waals surface area (Å²) in [5.74, 6) is 1.86. The third-order valence-corrected chi connectivity index (χ3v) is 3.97. The zero-order valence-electron chi connectivity index (χ0n) is 16.1. The van der Waals surface area contributed by atoms with Crippen LogP contribution in [0.15, 0.2) is 30.5 Å². The van der Waals surface area contributed by atoms with Crippen molar-refractivity contribution in [2.45, 2.75) is 6.92 Å². The van der Waals surface area contributed by atoms with Gasteiger partial charge in [0.05, 0.1) is 33.2 Å². The van der Waals surface area contributed by atoms with Gasteiger partial charge in [0, 0.05) is 12.1 Å². The van der Waals surface area contributed by atoms with Crippen molar-refractivity contribution in [1.29, 1.82) is 0 Å². The Morgan fingerprint density at radius 3 is 2.46 bits per heavy atom. The van der Waals surface area contributed by atoms with Crippen LogP contribution in [-0.2, 0) is 0 Å². The van der Waals surface area contributed by atoms with Crippen LogP contribution in [0, 0.1) is 0 Å². The first-order chi connectivity index (χ1) is 13.6. The number of aromatic nitrogens is 3. The van der Waals surface area contributed by atoms with E-state index < -0.39 is 0 Å². The lowest BCUT2D eigenvalue weighted by Gasteiger charge is -2.15. The number of methoxy groups -OCH3 is 3. The largest absolute Gasteiger partial charge is 0.493 e. The Morgan fingerprint density at radius 2 is 1.79 bits per heavy atom. The molecule has 0 aliphatic carbocycles. The highest BCUT2D eigenvalue weighted by Gasteiger charge is 2.18. The molecule has 0 aliphatic heterocycles. The number of carbonyl (C=O) groups excluding carboxylic acids is 1. The molecule has 1 aromatic carbocycles. The fourth-order valence-corrected chi connectivity index (χ4v) is 2.72. The molecule has 0 atom stereocenters. The zero-order valence-corrected chi connectivity index (χ0v) is 16.1. The van der Waals surface area contributed by atoms with Crippen molar-refractivity contribution >= 4 is 23.0 Å². The van der Waals surface area contributed by atoms with Crippen molar-refractivity contribution in [3.8, 4) is 28.5 Å². The predicted octanol–water partition coefficient (Wildman–Crippen LogP) is 2.86. The highest BCUT2D eigenvalue weighted by atomic mass is 16.5. The summed E-state index contributed by atoms with van der Waals surface area (Å²) < 4.78 is 16.3. The van der Waals surface area contributed by atoms with E-state index in [-0.39, 0.29) is 6.03 Å². The van der Waals surface area contributed by atoms with Gasteiger partial charge in [-0.05, 0) is 31.2 Å². The first-order valence-corrected chi connectivity index (χ1v) is 8.59. The van der Waals surface area contributed by atoms with Gasteiger partial charge in [0.2, 0.25) is 5.75 Å². The Hall–Kier alpha value is -3.62. The van der Waals surface area contributed by atoms with Gasteiger partial charge >= 0.3 is 6.03 Å². The molecule has 0 bridgehead atoms. The van der Waals surface area contributed by atoms with Gasteiger partial charge in [-0.15, -0.1) is 0 Å². The third kappa shape index (κ3) is 3.73. The molecule has 0 radical (unpaired) electrons. The quantitative estimate of drug-likeness (QED) is 0.674. The minimum absolute atomic E-state index is 0.333. The maximum atomic E-state index is 11.7. The Kier molecular flexibility index (Phi) is 5.73. The predicted molar refractivity (Wildman–Crippen MR) is 105 cm³/mol. The number of ether oxygens (including phenoxy) is 3. The maximum absolute atomic E-state index is 11.7. The molecular weight excluding hydrogens is 362 g/mol. The summed E-state index contributed by atoms with van der Waals surface area (Å²) >= 11 is 0. The Balaban J connectivity index is 2.05. The molecule has 0 fully saturated rings. The second-order valence-electron chi connectivity index (χ2n) is 5.66. The van der Waals surface area contributed by atoms with Crippen LogP contribution in [0.25, 0.3) is 22.4 Å². The number of pyridine rings is 1. The molecule has 28 heavy (non-hydrogen) atoms. The van der Waals surface area contributed by atoms with Gasteiger partial charge in [0.1, 0.15) is 11.3 Å². The van der Waals surface area contributed by atoms with Gasteiger partial charge in [0.15, 0.2) is 17.1 Å². The molecule has 9 nitrogen and oxygen atoms in total. The maximum Gasteiger partial charge on any atom is 0.320 e. The molecule has 0 saturated carbocycles. The highest BCUT2D eigenvalue weighted by molar-refractivity contribution is 5.89. The minimum atomic E-state index is -0.333. The molecule has 2 aromatic heterocycles. The van der Waals surface area contributed by atoms with Gasteiger partial charge in [-0.25, -0.2) is 14.8 Å². The second kappa shape index (κ2) is 8.38. The number of carbonyl (C=O) groups is 1. The van der Waals surface area contributed by atoms with Crippen LogP contribution in [-0.4, -0.2) is 48.9 Å². The standard InChI is InChI=1S/C19H21N5O4/c1-5-20-19(25)24-15-9-7-12-18(23-15)22-13(10-21-12)11-6-8-14(26-2)17(28-4)16(11)27-3/h6-10H,5H2,1-4H3,(H2,20,22,23,24,25). The van der Waals surface area contributed by atoms with Crippen molar-refractivity contribution in [2.24, 2.45) is 0 Å². The monoisotopic (exact) mass is 383 g/mol. The van der Waals surface area contributed by atoms with Gasteiger partial charge in [-0.2, -0.15) is 0 Å². The molecule has 0 aliphatic rings. The van der Waals surface area contributed by atoms with Crippen molar-refractivity contribution in [2.75, 3.05) is 33.2 Å². The van der Waals surface area contributed by atoms with Gasteiger partial charge in [0.25, 0.3) is 0 Å². The molecule has 9 heteroatoms. The van der Waals surface area contributed by atoms with Gasteiger partial charge in [-0.1, -0.05) is 0 Å². The summed E-state index contributed by atoms with van der Waals surface area (Å²) in [5.41, 5.74) is 2.22. The number of hydrogen-bond acceptors (Lipinski definition) is 7. The summed E-state index contributed by atoms with van der Waals surface area (Å²) in [5, 5.41) is 5.31. The van der Waals surface area contributed by atoms with E-state index in [1.807, 2.05) is 13.0 Å². The van der Waals surface area contributed by atoms with E-state index in [4.69, 9.17) is 14.2 Å². The number of fused-ring (bicyclic) bond motifs is 1. The number of nitrogens with one attached hydrogen (secondary N) is 2. The average molecular weight is 383 g/mol. The molecule has 146 valence electrons. The molecule has 2 amide bonds. The molecule has 0 unspecified atom stereocenters. The summed E-state index contributed by atoms with van der Waals surface area (Å²) in [6.07, 6.45) is 1.63. The van der Waals surface area contributed by atoms with E-state index >= 15 is 0 Å². The van der Waals surface area contributed by atoms with Crippen LogP contribution < -0.4 is 24.8 Å². The number of hydrogen-bond donors (Lipinski definition) is 2. The first-order valence-electron chi connectivity index (χ1n) is 8.59. The molecule has 2 N–H and O–H groups in total. The molecule has 2 heterocycles. The number of amides is 2. The van der Waals surface area contributed by atoms with Gasteiger partial charge < -0.3 is 19.5 Å². The normalized spacial score (nSPS) is 10.4. The Labute approximate surface area is 162 Å². The minimum Gasteiger partial charge on any atom is -0.493 e. The summed E-state index contributed by atoms with van der Waals surface area (Å²) in [7, 11) is 4.64. The van der Waals surface area contributed by atoms with E-state index in [2.05, 4.69) is 25.6 Å². The summed E-state index contributed by atoms with van der Waals surface area (Å²) in [6.45, 7) is 2.35. The fourth-order valence-electron chi connectivity index (χ4n) is 2.72. The second-order valence-corrected chi connectivity index (χ2v) is 5.66. The zero-order chi connectivity index (χ0) is 20.1. The number of anilines is 1. The topological polar surface area (TPSA) is 107 Å². The van der Waals surface area contributed by atoms with E-state index in [1.54, 1.807) is 38.6 Å². The van der Waals surface area contributed by atoms with Crippen molar-refractivity contribution in [1.82, 2.24) is 20.3 Å². The van der Waals surface area contributed by atoms with Gasteiger partial charge in [-0.3, -0.25) is 10.3 Å². The molecular formula is C19H21N5O4. The Bertz CT molecular complexity index is 1010. The van der Waals surface area contributed by atoms with E-state index in [1.165, 1.54) is 7.11 Å². The number of urea groups is 1.